The highest BCUT2D eigenvalue weighted by molar-refractivity contribution is 5.97. The molecule has 0 aliphatic carbocycles. The summed E-state index contributed by atoms with van der Waals surface area (Å²) < 4.78 is 15.3. The fourth-order valence-corrected chi connectivity index (χ4v) is 2.03. The second-order valence-electron chi connectivity index (χ2n) is 5.14. The van der Waals surface area contributed by atoms with Crippen molar-refractivity contribution < 1.29 is 23.8 Å². The largest absolute Gasteiger partial charge is 0.454 e. The van der Waals surface area contributed by atoms with E-state index in [4.69, 9.17) is 14.2 Å². The van der Waals surface area contributed by atoms with Crippen LogP contribution < -0.4 is 20.1 Å². The van der Waals surface area contributed by atoms with Gasteiger partial charge in [0.15, 0.2) is 11.5 Å². The fraction of sp³-hybridized carbons (Fsp3) is 0.467. The number of ether oxygens (including phenoxy) is 3. The number of carbonyl (C=O) groups is 2. The van der Waals surface area contributed by atoms with Crippen LogP contribution in [0.3, 0.4) is 0 Å². The molecule has 22 heavy (non-hydrogen) atoms. The van der Waals surface area contributed by atoms with Crippen molar-refractivity contribution in [2.24, 2.45) is 5.92 Å². The van der Waals surface area contributed by atoms with Crippen molar-refractivity contribution in [3.05, 3.63) is 18.2 Å². The summed E-state index contributed by atoms with van der Waals surface area (Å²) in [4.78, 5) is 23.9. The van der Waals surface area contributed by atoms with Gasteiger partial charge in [0.1, 0.15) is 6.04 Å². The Hall–Kier alpha value is -2.44. The molecule has 7 nitrogen and oxygen atoms in total. The van der Waals surface area contributed by atoms with Crippen LogP contribution in [0.15, 0.2) is 18.2 Å². The molecular weight excluding hydrogens is 288 g/mol. The molecule has 2 N–H and O–H groups in total. The molecule has 0 radical (unpaired) electrons. The van der Waals surface area contributed by atoms with E-state index >= 15 is 0 Å². The van der Waals surface area contributed by atoms with Crippen LogP contribution in [-0.4, -0.2) is 31.4 Å². The van der Waals surface area contributed by atoms with Gasteiger partial charge in [-0.25, -0.2) is 4.79 Å². The van der Waals surface area contributed by atoms with Gasteiger partial charge in [0.25, 0.3) is 0 Å². The lowest BCUT2D eigenvalue weighted by molar-refractivity contribution is -0.119. The Balaban J connectivity index is 2.03. The van der Waals surface area contributed by atoms with Gasteiger partial charge in [-0.1, -0.05) is 13.8 Å². The molecule has 0 bridgehead atoms. The second kappa shape index (κ2) is 7.02. The summed E-state index contributed by atoms with van der Waals surface area (Å²) in [6, 6.07) is 4.43. The Morgan fingerprint density at radius 2 is 2.00 bits per heavy atom. The van der Waals surface area contributed by atoms with Crippen LogP contribution in [0.25, 0.3) is 0 Å². The third-order valence-corrected chi connectivity index (χ3v) is 3.14. The molecule has 0 aromatic heterocycles. The molecule has 1 atom stereocenters. The average molecular weight is 308 g/mol. The van der Waals surface area contributed by atoms with Crippen LogP contribution in [0.1, 0.15) is 20.8 Å². The monoisotopic (exact) mass is 308 g/mol. The Labute approximate surface area is 128 Å². The number of anilines is 1. The second-order valence-corrected chi connectivity index (χ2v) is 5.14. The maximum Gasteiger partial charge on any atom is 0.407 e. The standard InChI is InChI=1S/C15H20N2O5/c1-4-20-15(19)17-13(9(2)3)14(18)16-10-5-6-11-12(7-10)22-8-21-11/h5-7,9,13H,4,8H2,1-3H3,(H,16,18)(H,17,19)/t13-/m1/s1. The van der Waals surface area contributed by atoms with E-state index in [2.05, 4.69) is 10.6 Å². The van der Waals surface area contributed by atoms with Gasteiger partial charge in [-0.15, -0.1) is 0 Å². The number of fused-ring (bicyclic) bond motifs is 1. The molecule has 120 valence electrons. The van der Waals surface area contributed by atoms with Gasteiger partial charge in [0.05, 0.1) is 6.61 Å². The van der Waals surface area contributed by atoms with Gasteiger partial charge in [0, 0.05) is 11.8 Å². The summed E-state index contributed by atoms with van der Waals surface area (Å²) in [5.74, 6) is 0.820. The van der Waals surface area contributed by atoms with Crippen molar-refractivity contribution in [3.8, 4) is 11.5 Å². The topological polar surface area (TPSA) is 85.9 Å². The molecule has 0 saturated carbocycles. The highest BCUT2D eigenvalue weighted by atomic mass is 16.7. The van der Waals surface area contributed by atoms with Crippen molar-refractivity contribution in [2.45, 2.75) is 26.8 Å². The van der Waals surface area contributed by atoms with Crippen molar-refractivity contribution >= 4 is 17.7 Å². The van der Waals surface area contributed by atoms with Crippen molar-refractivity contribution in [2.75, 3.05) is 18.7 Å². The Morgan fingerprint density at radius 3 is 2.68 bits per heavy atom. The number of alkyl carbamates (subject to hydrolysis) is 1. The van der Waals surface area contributed by atoms with Crippen LogP contribution in [0.5, 0.6) is 11.5 Å². The van der Waals surface area contributed by atoms with Gasteiger partial charge in [-0.05, 0) is 25.0 Å². The van der Waals surface area contributed by atoms with Crippen LogP contribution in [0.4, 0.5) is 10.5 Å². The minimum atomic E-state index is -0.690. The van der Waals surface area contributed by atoms with E-state index in [0.717, 1.165) is 0 Å². The first-order valence-corrected chi connectivity index (χ1v) is 7.15. The van der Waals surface area contributed by atoms with E-state index in [0.29, 0.717) is 17.2 Å². The summed E-state index contributed by atoms with van der Waals surface area (Å²) in [7, 11) is 0. The zero-order valence-electron chi connectivity index (χ0n) is 12.8. The van der Waals surface area contributed by atoms with E-state index in [1.54, 1.807) is 25.1 Å². The summed E-state index contributed by atoms with van der Waals surface area (Å²) >= 11 is 0. The number of nitrogens with one attached hydrogen (secondary N) is 2. The smallest absolute Gasteiger partial charge is 0.407 e. The molecule has 1 aliphatic rings. The quantitative estimate of drug-likeness (QED) is 0.870. The van der Waals surface area contributed by atoms with Gasteiger partial charge in [0.2, 0.25) is 12.7 Å². The number of carbonyl (C=O) groups excluding carboxylic acids is 2. The maximum atomic E-state index is 12.3. The van der Waals surface area contributed by atoms with E-state index < -0.39 is 12.1 Å². The number of rotatable bonds is 5. The third-order valence-electron chi connectivity index (χ3n) is 3.14. The lowest BCUT2D eigenvalue weighted by Crippen LogP contribution is -2.47. The Morgan fingerprint density at radius 1 is 1.27 bits per heavy atom. The predicted molar refractivity (Wildman–Crippen MR) is 80.0 cm³/mol. The molecule has 0 unspecified atom stereocenters. The molecule has 1 aromatic rings. The Kier molecular flexibility index (Phi) is 5.08. The van der Waals surface area contributed by atoms with Crippen LogP contribution in [0, 0.1) is 5.92 Å². The fourth-order valence-electron chi connectivity index (χ4n) is 2.03. The molecule has 2 rings (SSSR count). The van der Waals surface area contributed by atoms with Crippen LogP contribution >= 0.6 is 0 Å². The summed E-state index contributed by atoms with van der Waals surface area (Å²) in [5.41, 5.74) is 0.575. The summed E-state index contributed by atoms with van der Waals surface area (Å²) in [5, 5.41) is 5.32. The first-order valence-electron chi connectivity index (χ1n) is 7.15. The number of benzene rings is 1. The predicted octanol–water partition coefficient (Wildman–Crippen LogP) is 2.12. The van der Waals surface area contributed by atoms with Gasteiger partial charge in [-0.2, -0.15) is 0 Å². The highest BCUT2D eigenvalue weighted by Gasteiger charge is 2.25. The first kappa shape index (κ1) is 15.9. The number of hydrogen-bond acceptors (Lipinski definition) is 5. The minimum Gasteiger partial charge on any atom is -0.454 e. The molecule has 1 heterocycles. The van der Waals surface area contributed by atoms with E-state index in [-0.39, 0.29) is 25.2 Å². The lowest BCUT2D eigenvalue weighted by atomic mass is 10.0. The van der Waals surface area contributed by atoms with Gasteiger partial charge in [-0.3, -0.25) is 4.79 Å². The molecule has 0 fully saturated rings. The minimum absolute atomic E-state index is 0.0848. The zero-order chi connectivity index (χ0) is 16.1. The molecule has 7 heteroatoms. The SMILES string of the molecule is CCOC(=O)N[C@@H](C(=O)Nc1ccc2c(c1)OCO2)C(C)C. The number of amides is 2. The summed E-state index contributed by atoms with van der Waals surface area (Å²) in [6.07, 6.45) is -0.609. The maximum absolute atomic E-state index is 12.3. The van der Waals surface area contributed by atoms with Crippen LogP contribution in [-0.2, 0) is 9.53 Å². The van der Waals surface area contributed by atoms with E-state index in [9.17, 15) is 9.59 Å². The average Bonchev–Trinajstić information content (AvgIpc) is 2.92. The van der Waals surface area contributed by atoms with Gasteiger partial charge >= 0.3 is 6.09 Å². The first-order chi connectivity index (χ1) is 10.5. The molecular formula is C15H20N2O5. The highest BCUT2D eigenvalue weighted by Crippen LogP contribution is 2.34. The van der Waals surface area contributed by atoms with Gasteiger partial charge < -0.3 is 24.8 Å². The molecule has 0 saturated heterocycles. The third kappa shape index (κ3) is 3.81. The Bertz CT molecular complexity index is 559. The van der Waals surface area contributed by atoms with Crippen LogP contribution in [0.2, 0.25) is 0 Å². The molecule has 2 amide bonds. The zero-order valence-corrected chi connectivity index (χ0v) is 12.8. The van der Waals surface area contributed by atoms with Crippen molar-refractivity contribution in [1.29, 1.82) is 0 Å². The van der Waals surface area contributed by atoms with E-state index in [1.807, 2.05) is 13.8 Å². The molecule has 1 aromatic carbocycles. The van der Waals surface area contributed by atoms with Crippen molar-refractivity contribution in [3.63, 3.8) is 0 Å². The van der Waals surface area contributed by atoms with Crippen molar-refractivity contribution in [1.82, 2.24) is 5.32 Å². The summed E-state index contributed by atoms with van der Waals surface area (Å²) in [6.45, 7) is 5.81. The molecule has 0 spiro atoms. The number of hydrogen-bond donors (Lipinski definition) is 2. The normalized spacial score (nSPS) is 13.6. The van der Waals surface area contributed by atoms with E-state index in [1.165, 1.54) is 0 Å². The lowest BCUT2D eigenvalue weighted by Gasteiger charge is -2.21. The molecule has 1 aliphatic heterocycles.